The van der Waals surface area contributed by atoms with Gasteiger partial charge < -0.3 is 5.11 Å². The molecule has 0 fully saturated rings. The molecule has 1 atom stereocenters. The third kappa shape index (κ3) is 3.43. The second kappa shape index (κ2) is 6.00. The minimum Gasteiger partial charge on any atom is -0.386 e. The van der Waals surface area contributed by atoms with E-state index in [0.717, 1.165) is 4.90 Å². The predicted octanol–water partition coefficient (Wildman–Crippen LogP) is 2.96. The average molecular weight is 267 g/mol. The molecule has 0 aliphatic rings. The van der Waals surface area contributed by atoms with Crippen molar-refractivity contribution in [1.82, 2.24) is 9.97 Å². The zero-order chi connectivity index (χ0) is 12.1. The zero-order valence-electron chi connectivity index (χ0n) is 8.95. The van der Waals surface area contributed by atoms with Crippen LogP contribution in [0.15, 0.2) is 47.8 Å². The summed E-state index contributed by atoms with van der Waals surface area (Å²) in [5.74, 6) is 0.502. The molecular weight excluding hydrogens is 256 g/mol. The molecule has 0 amide bonds. The first-order chi connectivity index (χ1) is 8.27. The van der Waals surface area contributed by atoms with Gasteiger partial charge in [-0.25, -0.2) is 0 Å². The van der Waals surface area contributed by atoms with E-state index in [1.54, 1.807) is 18.6 Å². The van der Waals surface area contributed by atoms with Crippen LogP contribution in [0.4, 0.5) is 0 Å². The third-order valence-electron chi connectivity index (χ3n) is 2.16. The molecule has 0 aliphatic heterocycles. The van der Waals surface area contributed by atoms with Crippen molar-refractivity contribution in [1.29, 1.82) is 0 Å². The van der Waals surface area contributed by atoms with Crippen molar-refractivity contribution in [2.45, 2.75) is 11.0 Å². The van der Waals surface area contributed by atoms with E-state index in [-0.39, 0.29) is 0 Å². The molecule has 3 nitrogen and oxygen atoms in total. The molecule has 0 spiro atoms. The smallest absolute Gasteiger partial charge is 0.107 e. The first kappa shape index (κ1) is 12.4. The summed E-state index contributed by atoms with van der Waals surface area (Å²) in [6.45, 7) is 0. The van der Waals surface area contributed by atoms with E-state index < -0.39 is 6.10 Å². The summed E-state index contributed by atoms with van der Waals surface area (Å²) in [6.07, 6.45) is 4.08. The molecule has 1 N–H and O–H groups in total. The van der Waals surface area contributed by atoms with Gasteiger partial charge in [-0.3, -0.25) is 9.97 Å². The zero-order valence-corrected chi connectivity index (χ0v) is 10.5. The highest BCUT2D eigenvalue weighted by Gasteiger charge is 2.10. The fraction of sp³-hybridized carbons (Fsp3) is 0.167. The van der Waals surface area contributed by atoms with Gasteiger partial charge in [0.05, 0.1) is 16.9 Å². The molecule has 1 unspecified atom stereocenters. The van der Waals surface area contributed by atoms with Crippen molar-refractivity contribution in [3.8, 4) is 0 Å². The molecule has 0 saturated heterocycles. The number of nitrogens with zero attached hydrogens (tertiary/aromatic N) is 2. The van der Waals surface area contributed by atoms with Crippen LogP contribution in [0, 0.1) is 0 Å². The Labute approximate surface area is 109 Å². The van der Waals surface area contributed by atoms with Gasteiger partial charge in [0.25, 0.3) is 0 Å². The van der Waals surface area contributed by atoms with Gasteiger partial charge >= 0.3 is 0 Å². The minimum atomic E-state index is -0.634. The molecule has 17 heavy (non-hydrogen) atoms. The Morgan fingerprint density at radius 1 is 1.29 bits per heavy atom. The quantitative estimate of drug-likeness (QED) is 0.865. The van der Waals surface area contributed by atoms with Gasteiger partial charge in [0.15, 0.2) is 0 Å². The molecule has 0 bridgehead atoms. The van der Waals surface area contributed by atoms with E-state index in [4.69, 9.17) is 11.6 Å². The van der Waals surface area contributed by atoms with Crippen LogP contribution in [-0.2, 0) is 0 Å². The van der Waals surface area contributed by atoms with E-state index in [0.29, 0.717) is 16.5 Å². The van der Waals surface area contributed by atoms with Gasteiger partial charge in [-0.2, -0.15) is 0 Å². The molecule has 2 rings (SSSR count). The number of aromatic nitrogens is 2. The van der Waals surface area contributed by atoms with Gasteiger partial charge in [-0.1, -0.05) is 23.7 Å². The molecule has 0 aliphatic carbocycles. The first-order valence-electron chi connectivity index (χ1n) is 5.08. The molecular formula is C12H11ClN2OS. The van der Waals surface area contributed by atoms with E-state index in [1.807, 2.05) is 24.3 Å². The summed E-state index contributed by atoms with van der Waals surface area (Å²) < 4.78 is 0. The lowest BCUT2D eigenvalue weighted by atomic mass is 10.3. The maximum Gasteiger partial charge on any atom is 0.107 e. The second-order valence-corrected chi connectivity index (χ2v) is 4.86. The van der Waals surface area contributed by atoms with Crippen LogP contribution in [0.2, 0.25) is 5.02 Å². The van der Waals surface area contributed by atoms with Crippen LogP contribution < -0.4 is 0 Å². The Hall–Kier alpha value is -1.10. The summed E-state index contributed by atoms with van der Waals surface area (Å²) >= 11 is 7.52. The van der Waals surface area contributed by atoms with Crippen LogP contribution in [0.25, 0.3) is 0 Å². The fourth-order valence-electron chi connectivity index (χ4n) is 1.30. The lowest BCUT2D eigenvalue weighted by Gasteiger charge is -2.09. The number of thioether (sulfide) groups is 1. The lowest BCUT2D eigenvalue weighted by Crippen LogP contribution is -2.03. The Balaban J connectivity index is 1.97. The standard InChI is InChI=1S/C12H11ClN2OS/c13-9-3-1-2-4-12(9)17-8-11(16)10-7-14-5-6-15-10/h1-7,11,16H,8H2. The Bertz CT molecular complexity index is 481. The summed E-state index contributed by atoms with van der Waals surface area (Å²) in [5.41, 5.74) is 0.576. The molecule has 0 radical (unpaired) electrons. The van der Waals surface area contributed by atoms with Gasteiger partial charge in [-0.05, 0) is 12.1 Å². The first-order valence-corrected chi connectivity index (χ1v) is 6.45. The molecule has 1 aromatic heterocycles. The summed E-state index contributed by atoms with van der Waals surface area (Å²) in [7, 11) is 0. The lowest BCUT2D eigenvalue weighted by molar-refractivity contribution is 0.198. The largest absolute Gasteiger partial charge is 0.386 e. The van der Waals surface area contributed by atoms with Gasteiger partial charge in [-0.15, -0.1) is 11.8 Å². The van der Waals surface area contributed by atoms with Crippen LogP contribution in [0.3, 0.4) is 0 Å². The number of halogens is 1. The monoisotopic (exact) mass is 266 g/mol. The molecule has 1 heterocycles. The van der Waals surface area contributed by atoms with E-state index in [9.17, 15) is 5.11 Å². The average Bonchev–Trinajstić information content (AvgIpc) is 2.38. The minimum absolute atomic E-state index is 0.502. The van der Waals surface area contributed by atoms with E-state index in [1.165, 1.54) is 11.8 Å². The Morgan fingerprint density at radius 2 is 2.12 bits per heavy atom. The number of hydrogen-bond donors (Lipinski definition) is 1. The molecule has 2 aromatic rings. The van der Waals surface area contributed by atoms with Crippen LogP contribution >= 0.6 is 23.4 Å². The number of aliphatic hydroxyl groups excluding tert-OH is 1. The summed E-state index contributed by atoms with van der Waals surface area (Å²) in [5, 5.41) is 10.6. The van der Waals surface area contributed by atoms with Crippen molar-refractivity contribution >= 4 is 23.4 Å². The molecule has 0 saturated carbocycles. The maximum atomic E-state index is 9.91. The van der Waals surface area contributed by atoms with Crippen LogP contribution in [-0.4, -0.2) is 20.8 Å². The van der Waals surface area contributed by atoms with Crippen molar-refractivity contribution < 1.29 is 5.11 Å². The summed E-state index contributed by atoms with van der Waals surface area (Å²) in [6, 6.07) is 7.56. The number of benzene rings is 1. The van der Waals surface area contributed by atoms with Crippen molar-refractivity contribution in [3.63, 3.8) is 0 Å². The highest BCUT2D eigenvalue weighted by molar-refractivity contribution is 7.99. The van der Waals surface area contributed by atoms with Gasteiger partial charge in [0.2, 0.25) is 0 Å². The maximum absolute atomic E-state index is 9.91. The van der Waals surface area contributed by atoms with Crippen LogP contribution in [0.5, 0.6) is 0 Å². The van der Waals surface area contributed by atoms with Gasteiger partial charge in [0.1, 0.15) is 6.10 Å². The second-order valence-electron chi connectivity index (χ2n) is 3.39. The van der Waals surface area contributed by atoms with Crippen molar-refractivity contribution in [2.75, 3.05) is 5.75 Å². The highest BCUT2D eigenvalue weighted by atomic mass is 35.5. The molecule has 5 heteroatoms. The van der Waals surface area contributed by atoms with Crippen molar-refractivity contribution in [3.05, 3.63) is 53.6 Å². The predicted molar refractivity (Wildman–Crippen MR) is 69.2 cm³/mol. The molecule has 1 aromatic carbocycles. The van der Waals surface area contributed by atoms with Gasteiger partial charge in [0, 0.05) is 23.0 Å². The van der Waals surface area contributed by atoms with Crippen LogP contribution in [0.1, 0.15) is 11.8 Å². The van der Waals surface area contributed by atoms with E-state index in [2.05, 4.69) is 9.97 Å². The topological polar surface area (TPSA) is 46.0 Å². The number of hydrogen-bond acceptors (Lipinski definition) is 4. The highest BCUT2D eigenvalue weighted by Crippen LogP contribution is 2.29. The van der Waals surface area contributed by atoms with E-state index >= 15 is 0 Å². The SMILES string of the molecule is OC(CSc1ccccc1Cl)c1cnccn1. The fourth-order valence-corrected chi connectivity index (χ4v) is 2.49. The van der Waals surface area contributed by atoms with Crippen molar-refractivity contribution in [2.24, 2.45) is 0 Å². The normalized spacial score (nSPS) is 12.4. The Kier molecular flexibility index (Phi) is 4.36. The number of aliphatic hydroxyl groups is 1. The summed E-state index contributed by atoms with van der Waals surface area (Å²) in [4.78, 5) is 8.93. The number of rotatable bonds is 4. The Morgan fingerprint density at radius 3 is 2.82 bits per heavy atom. The molecule has 88 valence electrons. The third-order valence-corrected chi connectivity index (χ3v) is 3.75.